The van der Waals surface area contributed by atoms with Crippen molar-refractivity contribution < 1.29 is 9.90 Å². The second kappa shape index (κ2) is 5.52. The molecule has 1 aliphatic rings. The zero-order chi connectivity index (χ0) is 13.1. The lowest BCUT2D eigenvalue weighted by atomic mass is 10.2. The molecule has 2 rings (SSSR count). The summed E-state index contributed by atoms with van der Waals surface area (Å²) in [6.45, 7) is 5.40. The van der Waals surface area contributed by atoms with Gasteiger partial charge in [0.15, 0.2) is 0 Å². The number of carbonyl (C=O) groups is 1. The minimum Gasteiger partial charge on any atom is -0.478 e. The summed E-state index contributed by atoms with van der Waals surface area (Å²) >= 11 is 1.47. The van der Waals surface area contributed by atoms with E-state index >= 15 is 0 Å². The van der Waals surface area contributed by atoms with Crippen LogP contribution >= 0.6 is 11.8 Å². The molecule has 0 amide bonds. The smallest absolute Gasteiger partial charge is 0.340 e. The molecule has 18 heavy (non-hydrogen) atoms. The van der Waals surface area contributed by atoms with Gasteiger partial charge < -0.3 is 5.11 Å². The summed E-state index contributed by atoms with van der Waals surface area (Å²) in [6.07, 6.45) is 4.89. The second-order valence-electron chi connectivity index (χ2n) is 4.35. The number of allylic oxidation sites excluding steroid dienone is 1. The third-order valence-corrected chi connectivity index (χ3v) is 3.80. The Hall–Kier alpha value is -1.36. The van der Waals surface area contributed by atoms with Gasteiger partial charge in [0.25, 0.3) is 0 Å². The van der Waals surface area contributed by atoms with Crippen molar-refractivity contribution >= 4 is 17.7 Å². The van der Waals surface area contributed by atoms with E-state index in [0.29, 0.717) is 16.6 Å². The molecule has 4 nitrogen and oxygen atoms in total. The molecule has 0 aliphatic heterocycles. The van der Waals surface area contributed by atoms with Crippen LogP contribution in [0.2, 0.25) is 0 Å². The van der Waals surface area contributed by atoms with Crippen LogP contribution in [0.3, 0.4) is 0 Å². The summed E-state index contributed by atoms with van der Waals surface area (Å²) in [7, 11) is 0. The van der Waals surface area contributed by atoms with Gasteiger partial charge in [-0.1, -0.05) is 6.08 Å². The average Bonchev–Trinajstić information content (AvgIpc) is 3.11. The quantitative estimate of drug-likeness (QED) is 0.370. The van der Waals surface area contributed by atoms with E-state index in [1.807, 2.05) is 6.08 Å². The molecule has 0 bridgehead atoms. The number of hydrogen-bond donors (Lipinski definition) is 1. The van der Waals surface area contributed by atoms with Crippen LogP contribution in [0, 0.1) is 6.92 Å². The third-order valence-electron chi connectivity index (χ3n) is 2.79. The molecule has 0 radical (unpaired) electrons. The summed E-state index contributed by atoms with van der Waals surface area (Å²) in [5.74, 6) is 1.09. The molecule has 1 fully saturated rings. The Labute approximate surface area is 111 Å². The fourth-order valence-corrected chi connectivity index (χ4v) is 2.70. The number of thioether (sulfide) groups is 1. The Morgan fingerprint density at radius 2 is 2.28 bits per heavy atom. The molecule has 0 unspecified atom stereocenters. The highest BCUT2D eigenvalue weighted by atomic mass is 32.2. The topological polar surface area (TPSA) is 63.1 Å². The van der Waals surface area contributed by atoms with Crippen molar-refractivity contribution in [3.05, 3.63) is 29.7 Å². The number of nitrogens with zero attached hydrogens (tertiary/aromatic N) is 2. The van der Waals surface area contributed by atoms with Crippen LogP contribution < -0.4 is 0 Å². The molecule has 1 N–H and O–H groups in total. The molecule has 0 atom stereocenters. The summed E-state index contributed by atoms with van der Waals surface area (Å²) < 4.78 is 0. The molecular weight excluding hydrogens is 248 g/mol. The molecule has 1 saturated carbocycles. The lowest BCUT2D eigenvalue weighted by Gasteiger charge is -2.09. The summed E-state index contributed by atoms with van der Waals surface area (Å²) in [6, 6.07) is 0. The molecule has 0 spiro atoms. The van der Waals surface area contributed by atoms with Crippen LogP contribution in [0.1, 0.15) is 47.1 Å². The minimum atomic E-state index is -0.948. The van der Waals surface area contributed by atoms with Gasteiger partial charge in [-0.2, -0.15) is 0 Å². The first kappa shape index (κ1) is 13.1. The van der Waals surface area contributed by atoms with E-state index in [9.17, 15) is 9.90 Å². The van der Waals surface area contributed by atoms with Crippen molar-refractivity contribution in [2.75, 3.05) is 5.75 Å². The zero-order valence-corrected chi connectivity index (χ0v) is 11.2. The molecule has 96 valence electrons. The standard InChI is InChI=1S/C13H16N2O2S/c1-3-4-7-18-12-10(13(16)17)8(2)14-11(15-12)9-5-6-9/h3,9H,1,4-7H2,2H3,(H,16,17). The number of carboxylic acids is 1. The van der Waals surface area contributed by atoms with Gasteiger partial charge in [-0.15, -0.1) is 18.3 Å². The maximum atomic E-state index is 11.3. The lowest BCUT2D eigenvalue weighted by Crippen LogP contribution is -2.09. The number of aromatic nitrogens is 2. The highest BCUT2D eigenvalue weighted by molar-refractivity contribution is 7.99. The monoisotopic (exact) mass is 264 g/mol. The average molecular weight is 264 g/mol. The third kappa shape index (κ3) is 2.90. The van der Waals surface area contributed by atoms with Crippen molar-refractivity contribution in [2.45, 2.75) is 37.1 Å². The van der Waals surface area contributed by atoms with Gasteiger partial charge in [0.1, 0.15) is 16.4 Å². The molecular formula is C13H16N2O2S. The SMILES string of the molecule is C=CCCSc1nc(C2CC2)nc(C)c1C(=O)O. The molecule has 1 aliphatic carbocycles. The predicted molar refractivity (Wildman–Crippen MR) is 71.2 cm³/mol. The molecule has 0 aromatic carbocycles. The largest absolute Gasteiger partial charge is 0.478 e. The molecule has 1 aromatic rings. The van der Waals surface area contributed by atoms with E-state index in [2.05, 4.69) is 16.5 Å². The normalized spacial score (nSPS) is 14.5. The number of aromatic carboxylic acids is 1. The van der Waals surface area contributed by atoms with E-state index in [1.165, 1.54) is 11.8 Å². The fraction of sp³-hybridized carbons (Fsp3) is 0.462. The maximum Gasteiger partial charge on any atom is 0.340 e. The predicted octanol–water partition coefficient (Wildman–Crippen LogP) is 3.03. The Bertz CT molecular complexity index is 484. The highest BCUT2D eigenvalue weighted by Gasteiger charge is 2.29. The van der Waals surface area contributed by atoms with Crippen LogP contribution in [0.15, 0.2) is 17.7 Å². The van der Waals surface area contributed by atoms with Crippen LogP contribution in [-0.4, -0.2) is 26.8 Å². The number of hydrogen-bond acceptors (Lipinski definition) is 4. The first-order chi connectivity index (χ1) is 8.63. The molecule has 1 heterocycles. The van der Waals surface area contributed by atoms with Crippen molar-refractivity contribution in [1.82, 2.24) is 9.97 Å². The van der Waals surface area contributed by atoms with Crippen molar-refractivity contribution in [1.29, 1.82) is 0 Å². The number of carboxylic acid groups (broad SMARTS) is 1. The van der Waals surface area contributed by atoms with Crippen LogP contribution in [0.25, 0.3) is 0 Å². The summed E-state index contributed by atoms with van der Waals surface area (Å²) in [5, 5.41) is 9.83. The first-order valence-corrected chi connectivity index (χ1v) is 6.97. The fourth-order valence-electron chi connectivity index (χ4n) is 1.68. The Kier molecular flexibility index (Phi) is 4.01. The van der Waals surface area contributed by atoms with Gasteiger partial charge in [-0.25, -0.2) is 14.8 Å². The van der Waals surface area contributed by atoms with E-state index < -0.39 is 5.97 Å². The molecule has 0 saturated heterocycles. The van der Waals surface area contributed by atoms with Gasteiger partial charge in [-0.05, 0) is 26.2 Å². The van der Waals surface area contributed by atoms with Crippen LogP contribution in [-0.2, 0) is 0 Å². The van der Waals surface area contributed by atoms with Gasteiger partial charge >= 0.3 is 5.97 Å². The number of aryl methyl sites for hydroxylation is 1. The maximum absolute atomic E-state index is 11.3. The molecule has 5 heteroatoms. The van der Waals surface area contributed by atoms with Crippen molar-refractivity contribution in [3.63, 3.8) is 0 Å². The van der Waals surface area contributed by atoms with E-state index in [0.717, 1.165) is 30.8 Å². The second-order valence-corrected chi connectivity index (χ2v) is 5.44. The zero-order valence-electron chi connectivity index (χ0n) is 10.3. The van der Waals surface area contributed by atoms with Crippen LogP contribution in [0.4, 0.5) is 0 Å². The van der Waals surface area contributed by atoms with Gasteiger partial charge in [0.05, 0.1) is 5.69 Å². The lowest BCUT2D eigenvalue weighted by molar-refractivity contribution is 0.0690. The summed E-state index contributed by atoms with van der Waals surface area (Å²) in [5.41, 5.74) is 0.814. The van der Waals surface area contributed by atoms with E-state index in [-0.39, 0.29) is 5.56 Å². The Morgan fingerprint density at radius 3 is 2.83 bits per heavy atom. The van der Waals surface area contributed by atoms with Crippen molar-refractivity contribution in [2.24, 2.45) is 0 Å². The summed E-state index contributed by atoms with van der Waals surface area (Å²) in [4.78, 5) is 20.0. The van der Waals surface area contributed by atoms with Gasteiger partial charge in [0.2, 0.25) is 0 Å². The van der Waals surface area contributed by atoms with E-state index in [4.69, 9.17) is 0 Å². The minimum absolute atomic E-state index is 0.244. The van der Waals surface area contributed by atoms with Crippen molar-refractivity contribution in [3.8, 4) is 0 Å². The van der Waals surface area contributed by atoms with E-state index in [1.54, 1.807) is 6.92 Å². The highest BCUT2D eigenvalue weighted by Crippen LogP contribution is 2.39. The van der Waals surface area contributed by atoms with Crippen LogP contribution in [0.5, 0.6) is 0 Å². The molecule has 1 aromatic heterocycles. The Morgan fingerprint density at radius 1 is 1.56 bits per heavy atom. The number of rotatable bonds is 6. The van der Waals surface area contributed by atoms with Gasteiger partial charge in [-0.3, -0.25) is 0 Å². The Balaban J connectivity index is 2.31. The first-order valence-electron chi connectivity index (χ1n) is 5.99. The van der Waals surface area contributed by atoms with Gasteiger partial charge in [0, 0.05) is 11.7 Å².